The first kappa shape index (κ1) is 14.8. The van der Waals surface area contributed by atoms with Gasteiger partial charge in [-0.25, -0.2) is 0 Å². The molecule has 1 aromatic carbocycles. The molecule has 1 aromatic heterocycles. The van der Waals surface area contributed by atoms with Crippen molar-refractivity contribution < 1.29 is 4.79 Å². The van der Waals surface area contributed by atoms with Crippen molar-refractivity contribution in [2.75, 3.05) is 6.54 Å². The molecule has 0 spiro atoms. The number of aromatic nitrogens is 2. The van der Waals surface area contributed by atoms with Crippen LogP contribution in [0.3, 0.4) is 0 Å². The summed E-state index contributed by atoms with van der Waals surface area (Å²) < 4.78 is 1.69. The van der Waals surface area contributed by atoms with E-state index in [0.29, 0.717) is 11.7 Å². The third kappa shape index (κ3) is 3.38. The van der Waals surface area contributed by atoms with E-state index in [0.717, 1.165) is 32.2 Å². The van der Waals surface area contributed by atoms with Gasteiger partial charge in [0.1, 0.15) is 5.69 Å². The van der Waals surface area contributed by atoms with Gasteiger partial charge in [0.2, 0.25) is 0 Å². The molecule has 2 heterocycles. The molecular weight excluding hydrogens is 274 g/mol. The van der Waals surface area contributed by atoms with Crippen molar-refractivity contribution in [1.82, 2.24) is 14.7 Å². The Hall–Kier alpha value is -2.10. The molecule has 0 saturated carbocycles. The van der Waals surface area contributed by atoms with Gasteiger partial charge in [0.25, 0.3) is 5.91 Å². The largest absolute Gasteiger partial charge is 0.334 e. The molecule has 22 heavy (non-hydrogen) atoms. The number of nitrogens with zero attached hydrogens (tertiary/aromatic N) is 3. The Labute approximate surface area is 131 Å². The van der Waals surface area contributed by atoms with Crippen molar-refractivity contribution in [2.24, 2.45) is 7.05 Å². The van der Waals surface area contributed by atoms with Crippen molar-refractivity contribution in [3.05, 3.63) is 53.9 Å². The normalized spacial score (nSPS) is 18.4. The lowest BCUT2D eigenvalue weighted by molar-refractivity contribution is 0.0595. The molecule has 1 atom stereocenters. The van der Waals surface area contributed by atoms with Gasteiger partial charge in [0.15, 0.2) is 0 Å². The quantitative estimate of drug-likeness (QED) is 0.870. The molecule has 0 N–H and O–H groups in total. The molecule has 3 rings (SSSR count). The van der Waals surface area contributed by atoms with Crippen LogP contribution in [0.15, 0.2) is 42.6 Å². The lowest BCUT2D eigenvalue weighted by atomic mass is 9.95. The first-order valence-corrected chi connectivity index (χ1v) is 8.08. The molecule has 0 radical (unpaired) electrons. The topological polar surface area (TPSA) is 38.1 Å². The molecule has 2 aromatic rings. The Kier molecular flexibility index (Phi) is 4.56. The number of piperidine rings is 1. The van der Waals surface area contributed by atoms with Crippen LogP contribution in [0.4, 0.5) is 0 Å². The van der Waals surface area contributed by atoms with Crippen molar-refractivity contribution in [3.63, 3.8) is 0 Å². The molecule has 0 unspecified atom stereocenters. The molecule has 1 fully saturated rings. The van der Waals surface area contributed by atoms with Gasteiger partial charge in [-0.05, 0) is 43.7 Å². The molecule has 1 saturated heterocycles. The second kappa shape index (κ2) is 6.77. The van der Waals surface area contributed by atoms with Gasteiger partial charge in [-0.15, -0.1) is 0 Å². The number of amides is 1. The number of hydrogen-bond acceptors (Lipinski definition) is 2. The highest BCUT2D eigenvalue weighted by molar-refractivity contribution is 5.92. The number of benzene rings is 1. The Bertz CT molecular complexity index is 620. The van der Waals surface area contributed by atoms with Crippen LogP contribution >= 0.6 is 0 Å². The number of carbonyl (C=O) groups excluding carboxylic acids is 1. The van der Waals surface area contributed by atoms with E-state index in [4.69, 9.17) is 0 Å². The molecule has 4 heteroatoms. The fourth-order valence-corrected chi connectivity index (χ4v) is 3.22. The Morgan fingerprint density at radius 1 is 1.23 bits per heavy atom. The second-order valence-electron chi connectivity index (χ2n) is 6.05. The zero-order valence-corrected chi connectivity index (χ0v) is 13.1. The van der Waals surface area contributed by atoms with Crippen LogP contribution in [0.2, 0.25) is 0 Å². The van der Waals surface area contributed by atoms with E-state index in [1.807, 2.05) is 30.3 Å². The smallest absolute Gasteiger partial charge is 0.274 e. The fraction of sp³-hybridized carbons (Fsp3) is 0.444. The Morgan fingerprint density at radius 3 is 2.77 bits per heavy atom. The number of likely N-dealkylation sites (tertiary alicyclic amines) is 1. The molecular formula is C18H23N3O. The summed E-state index contributed by atoms with van der Waals surface area (Å²) in [7, 11) is 1.85. The van der Waals surface area contributed by atoms with E-state index in [1.54, 1.807) is 4.68 Å². The van der Waals surface area contributed by atoms with Gasteiger partial charge in [0, 0.05) is 25.8 Å². The van der Waals surface area contributed by atoms with E-state index in [9.17, 15) is 4.79 Å². The molecule has 0 bridgehead atoms. The molecule has 0 aliphatic carbocycles. The number of aryl methyl sites for hydroxylation is 2. The van der Waals surface area contributed by atoms with Crippen LogP contribution in [0.25, 0.3) is 0 Å². The van der Waals surface area contributed by atoms with E-state index in [1.165, 1.54) is 12.0 Å². The van der Waals surface area contributed by atoms with E-state index in [-0.39, 0.29) is 5.91 Å². The predicted molar refractivity (Wildman–Crippen MR) is 86.6 cm³/mol. The lowest BCUT2D eigenvalue weighted by Gasteiger charge is -2.35. The van der Waals surface area contributed by atoms with Crippen molar-refractivity contribution >= 4 is 5.91 Å². The number of hydrogen-bond donors (Lipinski definition) is 0. The minimum Gasteiger partial charge on any atom is -0.334 e. The molecule has 1 aliphatic rings. The van der Waals surface area contributed by atoms with Gasteiger partial charge < -0.3 is 4.90 Å². The van der Waals surface area contributed by atoms with Gasteiger partial charge in [-0.3, -0.25) is 9.48 Å². The minimum absolute atomic E-state index is 0.0818. The summed E-state index contributed by atoms with van der Waals surface area (Å²) in [6.07, 6.45) is 7.30. The highest BCUT2D eigenvalue weighted by Gasteiger charge is 2.28. The Morgan fingerprint density at radius 2 is 2.05 bits per heavy atom. The Balaban J connectivity index is 1.67. The van der Waals surface area contributed by atoms with Crippen LogP contribution in [-0.2, 0) is 13.5 Å². The highest BCUT2D eigenvalue weighted by Crippen LogP contribution is 2.23. The van der Waals surface area contributed by atoms with Gasteiger partial charge in [0.05, 0.1) is 0 Å². The monoisotopic (exact) mass is 297 g/mol. The van der Waals surface area contributed by atoms with Crippen LogP contribution < -0.4 is 0 Å². The summed E-state index contributed by atoms with van der Waals surface area (Å²) >= 11 is 0. The van der Waals surface area contributed by atoms with Crippen LogP contribution in [0.5, 0.6) is 0 Å². The summed E-state index contributed by atoms with van der Waals surface area (Å²) in [5.74, 6) is 0.0818. The lowest BCUT2D eigenvalue weighted by Crippen LogP contribution is -2.44. The highest BCUT2D eigenvalue weighted by atomic mass is 16.2. The summed E-state index contributed by atoms with van der Waals surface area (Å²) in [4.78, 5) is 14.7. The van der Waals surface area contributed by atoms with Gasteiger partial charge in [-0.1, -0.05) is 30.3 Å². The van der Waals surface area contributed by atoms with Crippen LogP contribution in [-0.4, -0.2) is 33.2 Å². The van der Waals surface area contributed by atoms with E-state index < -0.39 is 0 Å². The first-order valence-electron chi connectivity index (χ1n) is 8.08. The average Bonchev–Trinajstić information content (AvgIpc) is 3.00. The van der Waals surface area contributed by atoms with Gasteiger partial charge in [-0.2, -0.15) is 5.10 Å². The maximum absolute atomic E-state index is 12.7. The number of rotatable bonds is 4. The summed E-state index contributed by atoms with van der Waals surface area (Å²) in [6.45, 7) is 0.856. The summed E-state index contributed by atoms with van der Waals surface area (Å²) in [6, 6.07) is 12.7. The minimum atomic E-state index is 0.0818. The first-order chi connectivity index (χ1) is 10.7. The zero-order chi connectivity index (χ0) is 15.4. The molecule has 4 nitrogen and oxygen atoms in total. The summed E-state index contributed by atoms with van der Waals surface area (Å²) in [5, 5.41) is 4.26. The third-order valence-corrected chi connectivity index (χ3v) is 4.43. The fourth-order valence-electron chi connectivity index (χ4n) is 3.22. The number of carbonyl (C=O) groups is 1. The van der Waals surface area contributed by atoms with Crippen molar-refractivity contribution in [1.29, 1.82) is 0 Å². The zero-order valence-electron chi connectivity index (χ0n) is 13.1. The molecule has 116 valence electrons. The SMILES string of the molecule is Cn1ccc(C(=O)N2CCCC[C@H]2CCc2ccccc2)n1. The van der Waals surface area contributed by atoms with E-state index >= 15 is 0 Å². The standard InChI is InChI=1S/C18H23N3O/c1-20-14-12-17(19-20)18(22)21-13-6-5-9-16(21)11-10-15-7-3-2-4-8-15/h2-4,7-8,12,14,16H,5-6,9-11,13H2,1H3/t16-/m0/s1. The third-order valence-electron chi connectivity index (χ3n) is 4.43. The maximum Gasteiger partial charge on any atom is 0.274 e. The predicted octanol–water partition coefficient (Wildman–Crippen LogP) is 3.05. The van der Waals surface area contributed by atoms with Gasteiger partial charge >= 0.3 is 0 Å². The van der Waals surface area contributed by atoms with Crippen molar-refractivity contribution in [2.45, 2.75) is 38.1 Å². The second-order valence-corrected chi connectivity index (χ2v) is 6.05. The summed E-state index contributed by atoms with van der Waals surface area (Å²) in [5.41, 5.74) is 1.91. The average molecular weight is 297 g/mol. The van der Waals surface area contributed by atoms with E-state index in [2.05, 4.69) is 29.4 Å². The van der Waals surface area contributed by atoms with Crippen LogP contribution in [0, 0.1) is 0 Å². The maximum atomic E-state index is 12.7. The molecule has 1 aliphatic heterocycles. The van der Waals surface area contributed by atoms with Crippen LogP contribution in [0.1, 0.15) is 41.7 Å². The molecule has 1 amide bonds. The van der Waals surface area contributed by atoms with Crippen molar-refractivity contribution in [3.8, 4) is 0 Å².